The van der Waals surface area contributed by atoms with Gasteiger partial charge in [0, 0.05) is 49.5 Å². The number of aromatic nitrogens is 2. The number of nitrogens with zero attached hydrogens (tertiary/aromatic N) is 4. The van der Waals surface area contributed by atoms with Crippen molar-refractivity contribution in [3.63, 3.8) is 0 Å². The number of amides is 1. The molecule has 1 saturated heterocycles. The van der Waals surface area contributed by atoms with Crippen LogP contribution in [0.2, 0.25) is 5.02 Å². The summed E-state index contributed by atoms with van der Waals surface area (Å²) >= 11 is 6.30. The van der Waals surface area contributed by atoms with E-state index < -0.39 is 0 Å². The van der Waals surface area contributed by atoms with E-state index in [2.05, 4.69) is 33.1 Å². The van der Waals surface area contributed by atoms with Gasteiger partial charge in [0.1, 0.15) is 11.5 Å². The third-order valence-electron chi connectivity index (χ3n) is 6.99. The monoisotopic (exact) mass is 581 g/mol. The number of nitrogens with one attached hydrogen (secondary N) is 1. The molecule has 1 fully saturated rings. The molecule has 3 aromatic rings. The van der Waals surface area contributed by atoms with E-state index >= 15 is 0 Å². The van der Waals surface area contributed by atoms with Crippen LogP contribution in [0.4, 0.5) is 5.69 Å². The highest BCUT2D eigenvalue weighted by Crippen LogP contribution is 2.34. The van der Waals surface area contributed by atoms with Crippen LogP contribution < -0.4 is 19.7 Å². The number of carbonyl (C=O) groups is 1. The van der Waals surface area contributed by atoms with Gasteiger partial charge in [-0.25, -0.2) is 4.98 Å². The Morgan fingerprint density at radius 1 is 1.03 bits per heavy atom. The molecule has 2 aromatic carbocycles. The first-order chi connectivity index (χ1) is 17.4. The predicted molar refractivity (Wildman–Crippen MR) is 155 cm³/mol. The summed E-state index contributed by atoms with van der Waals surface area (Å²) in [4.78, 5) is 22.3. The predicted octanol–water partition coefficient (Wildman–Crippen LogP) is 4.97. The Kier molecular flexibility index (Phi) is 10.2. The van der Waals surface area contributed by atoms with Gasteiger partial charge < -0.3 is 24.3 Å². The summed E-state index contributed by atoms with van der Waals surface area (Å²) < 4.78 is 12.9. The molecule has 0 unspecified atom stereocenters. The first-order valence-electron chi connectivity index (χ1n) is 12.4. The van der Waals surface area contributed by atoms with Crippen molar-refractivity contribution in [2.45, 2.75) is 27.2 Å². The molecule has 1 aromatic heterocycles. The van der Waals surface area contributed by atoms with Gasteiger partial charge in [-0.2, -0.15) is 0 Å². The van der Waals surface area contributed by atoms with Crippen LogP contribution in [0, 0.1) is 20.8 Å². The van der Waals surface area contributed by atoms with E-state index in [1.807, 2.05) is 48.7 Å². The van der Waals surface area contributed by atoms with E-state index in [-0.39, 0.29) is 37.5 Å². The molecule has 0 saturated carbocycles. The quantitative estimate of drug-likeness (QED) is 0.397. The highest BCUT2D eigenvalue weighted by Gasteiger charge is 2.22. The van der Waals surface area contributed by atoms with Gasteiger partial charge in [0.2, 0.25) is 6.79 Å². The molecule has 2 aliphatic heterocycles. The zero-order valence-corrected chi connectivity index (χ0v) is 24.2. The molecule has 206 valence electrons. The number of anilines is 1. The molecule has 0 radical (unpaired) electrons. The average molecular weight is 583 g/mol. The number of fused-ring (bicyclic) bond motifs is 1. The Morgan fingerprint density at radius 2 is 1.76 bits per heavy atom. The number of aryl methyl sites for hydroxylation is 1. The average Bonchev–Trinajstić information content (AvgIpc) is 3.47. The second-order valence-electron chi connectivity index (χ2n) is 9.29. The molecule has 3 heterocycles. The van der Waals surface area contributed by atoms with Crippen molar-refractivity contribution in [3.8, 4) is 17.2 Å². The number of piperazine rings is 1. The molecule has 2 aliphatic rings. The van der Waals surface area contributed by atoms with Gasteiger partial charge in [-0.3, -0.25) is 9.69 Å². The molecule has 1 amide bonds. The van der Waals surface area contributed by atoms with Crippen LogP contribution in [0.3, 0.4) is 0 Å². The smallest absolute Gasteiger partial charge is 0.271 e. The number of rotatable bonds is 7. The van der Waals surface area contributed by atoms with Gasteiger partial charge in [0.15, 0.2) is 11.5 Å². The standard InChI is InChI=1S/C27H32ClN5O3.2ClH/c1-18-22(28)6-4-7-23(18)32-14-12-31(13-15-32)11-5-10-29-27(34)26-19(2)33(20(3)30-26)21-8-9-24-25(16-21)36-17-35-24;;/h4,6-9,16H,5,10-15,17H2,1-3H3,(H,29,34);2*1H. The van der Waals surface area contributed by atoms with E-state index in [0.717, 1.165) is 72.7 Å². The second kappa shape index (κ2) is 12.9. The molecule has 11 heteroatoms. The highest BCUT2D eigenvalue weighted by molar-refractivity contribution is 6.31. The Balaban J connectivity index is 0.00000200. The maximum atomic E-state index is 12.9. The van der Waals surface area contributed by atoms with Gasteiger partial charge in [-0.15, -0.1) is 24.8 Å². The number of hydrogen-bond acceptors (Lipinski definition) is 6. The molecule has 0 bridgehead atoms. The Hall–Kier alpha value is -2.65. The van der Waals surface area contributed by atoms with E-state index in [1.165, 1.54) is 5.69 Å². The van der Waals surface area contributed by atoms with Crippen molar-refractivity contribution in [1.82, 2.24) is 19.8 Å². The lowest BCUT2D eigenvalue weighted by Crippen LogP contribution is -2.47. The lowest BCUT2D eigenvalue weighted by atomic mass is 10.1. The summed E-state index contributed by atoms with van der Waals surface area (Å²) in [7, 11) is 0. The Morgan fingerprint density at radius 3 is 2.53 bits per heavy atom. The van der Waals surface area contributed by atoms with Gasteiger partial charge in [-0.1, -0.05) is 17.7 Å². The molecule has 1 N–H and O–H groups in total. The number of carbonyl (C=O) groups excluding carboxylic acids is 1. The van der Waals surface area contributed by atoms with Crippen molar-refractivity contribution in [2.24, 2.45) is 0 Å². The molecular formula is C27H34Cl3N5O3. The minimum absolute atomic E-state index is 0. The highest BCUT2D eigenvalue weighted by atomic mass is 35.5. The van der Waals surface area contributed by atoms with Crippen LogP contribution in [0.15, 0.2) is 36.4 Å². The molecule has 0 spiro atoms. The fourth-order valence-electron chi connectivity index (χ4n) is 5.00. The van der Waals surface area contributed by atoms with Crippen LogP contribution in [0.5, 0.6) is 11.5 Å². The van der Waals surface area contributed by atoms with E-state index in [9.17, 15) is 4.79 Å². The lowest BCUT2D eigenvalue weighted by molar-refractivity contribution is 0.0946. The van der Waals surface area contributed by atoms with Crippen LogP contribution in [-0.4, -0.2) is 66.4 Å². The fraction of sp³-hybridized carbons (Fsp3) is 0.407. The van der Waals surface area contributed by atoms with E-state index in [0.29, 0.717) is 18.0 Å². The van der Waals surface area contributed by atoms with E-state index in [1.54, 1.807) is 0 Å². The van der Waals surface area contributed by atoms with Crippen LogP contribution in [0.25, 0.3) is 5.69 Å². The molecule has 38 heavy (non-hydrogen) atoms. The molecule has 0 atom stereocenters. The maximum Gasteiger partial charge on any atom is 0.271 e. The Labute approximate surface area is 241 Å². The maximum absolute atomic E-state index is 12.9. The summed E-state index contributed by atoms with van der Waals surface area (Å²) in [6, 6.07) is 11.8. The van der Waals surface area contributed by atoms with Crippen LogP contribution in [0.1, 0.15) is 34.0 Å². The van der Waals surface area contributed by atoms with Gasteiger partial charge in [-0.05, 0) is 63.6 Å². The van der Waals surface area contributed by atoms with Crippen LogP contribution in [-0.2, 0) is 0 Å². The van der Waals surface area contributed by atoms with Gasteiger partial charge >= 0.3 is 0 Å². The largest absolute Gasteiger partial charge is 0.454 e. The number of halogens is 3. The first kappa shape index (κ1) is 29.9. The van der Waals surface area contributed by atoms with Crippen molar-refractivity contribution >= 4 is 48.0 Å². The lowest BCUT2D eigenvalue weighted by Gasteiger charge is -2.37. The number of benzene rings is 2. The van der Waals surface area contributed by atoms with Crippen molar-refractivity contribution in [1.29, 1.82) is 0 Å². The first-order valence-corrected chi connectivity index (χ1v) is 12.8. The summed E-state index contributed by atoms with van der Waals surface area (Å²) in [6.07, 6.45) is 0.892. The minimum Gasteiger partial charge on any atom is -0.454 e. The van der Waals surface area contributed by atoms with Crippen molar-refractivity contribution in [2.75, 3.05) is 51.0 Å². The number of imidazole rings is 1. The number of hydrogen-bond donors (Lipinski definition) is 1. The fourth-order valence-corrected chi connectivity index (χ4v) is 5.17. The van der Waals surface area contributed by atoms with Crippen molar-refractivity contribution in [3.05, 3.63) is 64.2 Å². The van der Waals surface area contributed by atoms with Crippen molar-refractivity contribution < 1.29 is 14.3 Å². The summed E-state index contributed by atoms with van der Waals surface area (Å²) in [5, 5.41) is 3.87. The molecule has 8 nitrogen and oxygen atoms in total. The zero-order valence-electron chi connectivity index (χ0n) is 21.8. The summed E-state index contributed by atoms with van der Waals surface area (Å²) in [5.74, 6) is 2.04. The second-order valence-corrected chi connectivity index (χ2v) is 9.70. The molecule has 5 rings (SSSR count). The SMILES string of the molecule is Cc1c(Cl)cccc1N1CCN(CCCNC(=O)c2nc(C)n(-c3ccc4c(c3)OCO4)c2C)CC1.Cl.Cl. The van der Waals surface area contributed by atoms with E-state index in [4.69, 9.17) is 21.1 Å². The minimum atomic E-state index is -0.142. The molecular weight excluding hydrogens is 549 g/mol. The topological polar surface area (TPSA) is 71.9 Å². The van der Waals surface area contributed by atoms with Gasteiger partial charge in [0.05, 0.1) is 11.4 Å². The van der Waals surface area contributed by atoms with Gasteiger partial charge in [0.25, 0.3) is 5.91 Å². The zero-order chi connectivity index (χ0) is 25.2. The summed E-state index contributed by atoms with van der Waals surface area (Å²) in [6.45, 7) is 11.6. The van der Waals surface area contributed by atoms with Crippen LogP contribution >= 0.6 is 36.4 Å². The third kappa shape index (κ3) is 6.15. The summed E-state index contributed by atoms with van der Waals surface area (Å²) in [5.41, 5.74) is 4.52. The normalized spacial score (nSPS) is 14.6. The Bertz CT molecular complexity index is 1280. The number of ether oxygens (including phenoxy) is 2. The third-order valence-corrected chi connectivity index (χ3v) is 7.40. The molecule has 0 aliphatic carbocycles.